The number of aryl methyl sites for hydroxylation is 1. The number of nitrogens with zero attached hydrogens (tertiary/aromatic N) is 5. The number of phenols is 1. The second kappa shape index (κ2) is 5.58. The summed E-state index contributed by atoms with van der Waals surface area (Å²) in [4.78, 5) is 3.81. The van der Waals surface area contributed by atoms with Crippen molar-refractivity contribution in [3.05, 3.63) is 35.7 Å². The molecule has 6 nitrogen and oxygen atoms in total. The molecule has 0 bridgehead atoms. The van der Waals surface area contributed by atoms with Crippen molar-refractivity contribution >= 4 is 0 Å². The van der Waals surface area contributed by atoms with Crippen molar-refractivity contribution < 1.29 is 5.11 Å². The van der Waals surface area contributed by atoms with E-state index in [2.05, 4.69) is 20.3 Å². The highest BCUT2D eigenvalue weighted by Gasteiger charge is 2.25. The molecule has 0 spiro atoms. The molecule has 20 heavy (non-hydrogen) atoms. The van der Waals surface area contributed by atoms with E-state index < -0.39 is 0 Å². The molecule has 0 aliphatic heterocycles. The van der Waals surface area contributed by atoms with Crippen molar-refractivity contribution in [2.45, 2.75) is 25.9 Å². The maximum Gasteiger partial charge on any atom is 0.188 e. The molecule has 1 fully saturated rings. The third-order valence-corrected chi connectivity index (χ3v) is 3.44. The number of rotatable bonds is 6. The van der Waals surface area contributed by atoms with Gasteiger partial charge in [0.1, 0.15) is 5.75 Å². The van der Waals surface area contributed by atoms with Gasteiger partial charge in [-0.3, -0.25) is 4.90 Å². The normalized spacial score (nSPS) is 14.9. The lowest BCUT2D eigenvalue weighted by Gasteiger charge is -2.20. The standard InChI is InChI=1S/C14H19N5O/c1-18-16-14(15-17-18)10-19(8-11-5-6-11)9-12-3-2-4-13(20)7-12/h2-4,7,11,20H,5-6,8-10H2,1H3. The third-order valence-electron chi connectivity index (χ3n) is 3.44. The van der Waals surface area contributed by atoms with Crippen molar-refractivity contribution in [2.75, 3.05) is 6.54 Å². The molecule has 0 unspecified atom stereocenters. The van der Waals surface area contributed by atoms with Gasteiger partial charge in [0.15, 0.2) is 5.82 Å². The average Bonchev–Trinajstić information content (AvgIpc) is 3.11. The minimum atomic E-state index is 0.312. The first-order valence-corrected chi connectivity index (χ1v) is 6.92. The maximum atomic E-state index is 9.56. The minimum Gasteiger partial charge on any atom is -0.508 e. The fraction of sp³-hybridized carbons (Fsp3) is 0.500. The molecule has 6 heteroatoms. The van der Waals surface area contributed by atoms with Gasteiger partial charge in [0.05, 0.1) is 13.6 Å². The second-order valence-corrected chi connectivity index (χ2v) is 5.48. The van der Waals surface area contributed by atoms with Gasteiger partial charge in [-0.1, -0.05) is 12.1 Å². The van der Waals surface area contributed by atoms with Crippen LogP contribution < -0.4 is 0 Å². The molecule has 1 aliphatic carbocycles. The van der Waals surface area contributed by atoms with Gasteiger partial charge in [0.25, 0.3) is 0 Å². The summed E-state index contributed by atoms with van der Waals surface area (Å²) < 4.78 is 0. The molecule has 1 aromatic heterocycles. The highest BCUT2D eigenvalue weighted by atomic mass is 16.3. The van der Waals surface area contributed by atoms with Gasteiger partial charge < -0.3 is 5.11 Å². The topological polar surface area (TPSA) is 67.1 Å². The van der Waals surface area contributed by atoms with Crippen LogP contribution in [0.5, 0.6) is 5.75 Å². The summed E-state index contributed by atoms with van der Waals surface area (Å²) in [5.41, 5.74) is 1.11. The zero-order chi connectivity index (χ0) is 13.9. The Labute approximate surface area is 118 Å². The Morgan fingerprint density at radius 1 is 1.35 bits per heavy atom. The van der Waals surface area contributed by atoms with Crippen LogP contribution in [0.4, 0.5) is 0 Å². The van der Waals surface area contributed by atoms with Crippen LogP contribution >= 0.6 is 0 Å². The molecule has 0 radical (unpaired) electrons. The Morgan fingerprint density at radius 3 is 2.85 bits per heavy atom. The Hall–Kier alpha value is -1.95. The van der Waals surface area contributed by atoms with Gasteiger partial charge in [0, 0.05) is 13.1 Å². The molecule has 0 saturated heterocycles. The predicted octanol–water partition coefficient (Wildman–Crippen LogP) is 1.33. The first-order valence-electron chi connectivity index (χ1n) is 6.92. The molecule has 2 aromatic rings. The second-order valence-electron chi connectivity index (χ2n) is 5.48. The monoisotopic (exact) mass is 273 g/mol. The first kappa shape index (κ1) is 13.1. The van der Waals surface area contributed by atoms with Gasteiger partial charge in [-0.2, -0.15) is 4.80 Å². The zero-order valence-corrected chi connectivity index (χ0v) is 11.6. The minimum absolute atomic E-state index is 0.312. The van der Waals surface area contributed by atoms with Crippen LogP contribution in [-0.2, 0) is 20.1 Å². The fourth-order valence-electron chi connectivity index (χ4n) is 2.35. The van der Waals surface area contributed by atoms with E-state index in [1.54, 1.807) is 13.1 Å². The molecular formula is C14H19N5O. The van der Waals surface area contributed by atoms with E-state index in [1.807, 2.05) is 18.2 Å². The smallest absolute Gasteiger partial charge is 0.188 e. The van der Waals surface area contributed by atoms with Crippen LogP contribution in [0.15, 0.2) is 24.3 Å². The van der Waals surface area contributed by atoms with Crippen LogP contribution in [0.2, 0.25) is 0 Å². The van der Waals surface area contributed by atoms with Crippen molar-refractivity contribution in [3.8, 4) is 5.75 Å². The average molecular weight is 273 g/mol. The molecule has 3 rings (SSSR count). The Morgan fingerprint density at radius 2 is 2.20 bits per heavy atom. The molecule has 1 heterocycles. The van der Waals surface area contributed by atoms with Gasteiger partial charge >= 0.3 is 0 Å². The van der Waals surface area contributed by atoms with Crippen LogP contribution in [-0.4, -0.2) is 36.8 Å². The first-order chi connectivity index (χ1) is 9.69. The lowest BCUT2D eigenvalue weighted by Crippen LogP contribution is -2.25. The van der Waals surface area contributed by atoms with E-state index in [0.29, 0.717) is 12.3 Å². The Bertz CT molecular complexity index is 578. The summed E-state index contributed by atoms with van der Waals surface area (Å²) >= 11 is 0. The maximum absolute atomic E-state index is 9.56. The number of aromatic nitrogens is 4. The number of benzene rings is 1. The summed E-state index contributed by atoms with van der Waals surface area (Å²) in [6.45, 7) is 2.54. The van der Waals surface area contributed by atoms with Gasteiger partial charge in [0.2, 0.25) is 0 Å². The summed E-state index contributed by atoms with van der Waals surface area (Å²) in [5.74, 6) is 1.85. The number of hydrogen-bond donors (Lipinski definition) is 1. The number of hydrogen-bond acceptors (Lipinski definition) is 5. The molecule has 0 amide bonds. The van der Waals surface area contributed by atoms with Gasteiger partial charge in [-0.05, 0) is 41.7 Å². The van der Waals surface area contributed by atoms with Crippen molar-refractivity contribution in [3.63, 3.8) is 0 Å². The highest BCUT2D eigenvalue weighted by Crippen LogP contribution is 2.30. The Balaban J connectivity index is 1.68. The summed E-state index contributed by atoms with van der Waals surface area (Å²) in [6, 6.07) is 7.41. The fourth-order valence-corrected chi connectivity index (χ4v) is 2.35. The molecule has 1 aromatic carbocycles. The molecule has 1 N–H and O–H groups in total. The van der Waals surface area contributed by atoms with Crippen molar-refractivity contribution in [2.24, 2.45) is 13.0 Å². The van der Waals surface area contributed by atoms with E-state index in [1.165, 1.54) is 17.6 Å². The lowest BCUT2D eigenvalue weighted by molar-refractivity contribution is 0.239. The summed E-state index contributed by atoms with van der Waals surface area (Å²) in [5, 5.41) is 21.7. The zero-order valence-electron chi connectivity index (χ0n) is 11.6. The van der Waals surface area contributed by atoms with Gasteiger partial charge in [-0.25, -0.2) is 0 Å². The van der Waals surface area contributed by atoms with E-state index in [-0.39, 0.29) is 0 Å². The number of phenolic OH excluding ortho intramolecular Hbond substituents is 1. The molecular weight excluding hydrogens is 254 g/mol. The van der Waals surface area contributed by atoms with Crippen LogP contribution in [0.1, 0.15) is 24.2 Å². The number of aromatic hydroxyl groups is 1. The quantitative estimate of drug-likeness (QED) is 0.860. The van der Waals surface area contributed by atoms with Gasteiger partial charge in [-0.15, -0.1) is 10.2 Å². The van der Waals surface area contributed by atoms with E-state index in [9.17, 15) is 5.11 Å². The SMILES string of the molecule is Cn1nnc(CN(Cc2cccc(O)c2)CC2CC2)n1. The molecule has 0 atom stereocenters. The van der Waals surface area contributed by atoms with E-state index >= 15 is 0 Å². The molecule has 106 valence electrons. The lowest BCUT2D eigenvalue weighted by atomic mass is 10.2. The molecule has 1 saturated carbocycles. The third kappa shape index (κ3) is 3.54. The van der Waals surface area contributed by atoms with Crippen molar-refractivity contribution in [1.29, 1.82) is 0 Å². The van der Waals surface area contributed by atoms with E-state index in [4.69, 9.17) is 0 Å². The Kier molecular flexibility index (Phi) is 3.64. The summed E-state index contributed by atoms with van der Waals surface area (Å²) in [6.07, 6.45) is 2.62. The summed E-state index contributed by atoms with van der Waals surface area (Å²) in [7, 11) is 1.77. The molecule has 1 aliphatic rings. The van der Waals surface area contributed by atoms with Crippen molar-refractivity contribution in [1.82, 2.24) is 25.1 Å². The number of tetrazole rings is 1. The van der Waals surface area contributed by atoms with Crippen LogP contribution in [0.25, 0.3) is 0 Å². The largest absolute Gasteiger partial charge is 0.508 e. The van der Waals surface area contributed by atoms with Crippen LogP contribution in [0, 0.1) is 5.92 Å². The highest BCUT2D eigenvalue weighted by molar-refractivity contribution is 5.27. The predicted molar refractivity (Wildman–Crippen MR) is 73.7 cm³/mol. The van der Waals surface area contributed by atoms with Crippen LogP contribution in [0.3, 0.4) is 0 Å². The van der Waals surface area contributed by atoms with E-state index in [0.717, 1.165) is 30.4 Å².